The zero-order chi connectivity index (χ0) is 12.1. The van der Waals surface area contributed by atoms with Gasteiger partial charge in [-0.2, -0.15) is 0 Å². The SMILES string of the molecule is CCCc1ccc2c(c1)C(NCC)COCC2. The lowest BCUT2D eigenvalue weighted by atomic mass is 9.95. The highest BCUT2D eigenvalue weighted by Gasteiger charge is 2.18. The predicted molar refractivity (Wildman–Crippen MR) is 71.4 cm³/mol. The second kappa shape index (κ2) is 6.18. The van der Waals surface area contributed by atoms with Gasteiger partial charge in [-0.15, -0.1) is 0 Å². The van der Waals surface area contributed by atoms with E-state index >= 15 is 0 Å². The largest absolute Gasteiger partial charge is 0.379 e. The molecule has 1 aliphatic rings. The molecule has 1 N–H and O–H groups in total. The molecule has 0 aromatic heterocycles. The van der Waals surface area contributed by atoms with Crippen molar-refractivity contribution in [3.63, 3.8) is 0 Å². The van der Waals surface area contributed by atoms with Crippen molar-refractivity contribution in [3.8, 4) is 0 Å². The smallest absolute Gasteiger partial charge is 0.0661 e. The minimum absolute atomic E-state index is 0.370. The van der Waals surface area contributed by atoms with Crippen LogP contribution in [0.5, 0.6) is 0 Å². The third-order valence-corrected chi connectivity index (χ3v) is 3.38. The average Bonchev–Trinajstić information content (AvgIpc) is 2.53. The minimum Gasteiger partial charge on any atom is -0.379 e. The number of likely N-dealkylation sites (N-methyl/N-ethyl adjacent to an activating group) is 1. The van der Waals surface area contributed by atoms with Crippen LogP contribution in [0.4, 0.5) is 0 Å². The predicted octanol–water partition coefficient (Wildman–Crippen LogP) is 2.86. The normalized spacial score (nSPS) is 19.8. The van der Waals surface area contributed by atoms with Gasteiger partial charge < -0.3 is 10.1 Å². The summed E-state index contributed by atoms with van der Waals surface area (Å²) < 4.78 is 5.68. The van der Waals surface area contributed by atoms with Crippen LogP contribution in [0.1, 0.15) is 43.0 Å². The third-order valence-electron chi connectivity index (χ3n) is 3.38. The van der Waals surface area contributed by atoms with Crippen molar-refractivity contribution in [3.05, 3.63) is 34.9 Å². The van der Waals surface area contributed by atoms with Crippen molar-refractivity contribution >= 4 is 0 Å². The van der Waals surface area contributed by atoms with Crippen LogP contribution < -0.4 is 5.32 Å². The number of benzene rings is 1. The van der Waals surface area contributed by atoms with E-state index in [0.717, 1.165) is 26.2 Å². The Kier molecular flexibility index (Phi) is 4.57. The van der Waals surface area contributed by atoms with E-state index in [4.69, 9.17) is 4.74 Å². The summed E-state index contributed by atoms with van der Waals surface area (Å²) >= 11 is 0. The summed E-state index contributed by atoms with van der Waals surface area (Å²) in [6, 6.07) is 7.31. The number of aryl methyl sites for hydroxylation is 1. The molecule has 0 radical (unpaired) electrons. The lowest BCUT2D eigenvalue weighted by molar-refractivity contribution is 0.122. The highest BCUT2D eigenvalue weighted by Crippen LogP contribution is 2.24. The number of ether oxygens (including phenoxy) is 1. The fraction of sp³-hybridized carbons (Fsp3) is 0.600. The van der Waals surface area contributed by atoms with E-state index in [1.165, 1.54) is 29.5 Å². The molecule has 2 heteroatoms. The topological polar surface area (TPSA) is 21.3 Å². The number of fused-ring (bicyclic) bond motifs is 1. The van der Waals surface area contributed by atoms with E-state index in [2.05, 4.69) is 37.4 Å². The highest BCUT2D eigenvalue weighted by molar-refractivity contribution is 5.35. The summed E-state index contributed by atoms with van der Waals surface area (Å²) in [7, 11) is 0. The first-order valence-electron chi connectivity index (χ1n) is 6.78. The van der Waals surface area contributed by atoms with Gasteiger partial charge >= 0.3 is 0 Å². The lowest BCUT2D eigenvalue weighted by Crippen LogP contribution is -2.25. The van der Waals surface area contributed by atoms with Crippen molar-refractivity contribution in [1.29, 1.82) is 0 Å². The molecule has 17 heavy (non-hydrogen) atoms. The van der Waals surface area contributed by atoms with Crippen molar-refractivity contribution < 1.29 is 4.74 Å². The molecule has 1 aromatic carbocycles. The van der Waals surface area contributed by atoms with E-state index in [1.54, 1.807) is 0 Å². The highest BCUT2D eigenvalue weighted by atomic mass is 16.5. The van der Waals surface area contributed by atoms with Gasteiger partial charge in [-0.05, 0) is 36.1 Å². The number of nitrogens with one attached hydrogen (secondary N) is 1. The zero-order valence-corrected chi connectivity index (χ0v) is 11.0. The Morgan fingerprint density at radius 3 is 3.00 bits per heavy atom. The Balaban J connectivity index is 2.28. The molecule has 2 nitrogen and oxygen atoms in total. The fourth-order valence-electron chi connectivity index (χ4n) is 2.53. The third kappa shape index (κ3) is 3.08. The summed E-state index contributed by atoms with van der Waals surface area (Å²) in [6.45, 7) is 7.03. The number of hydrogen-bond donors (Lipinski definition) is 1. The van der Waals surface area contributed by atoms with Gasteiger partial charge in [0.2, 0.25) is 0 Å². The van der Waals surface area contributed by atoms with Gasteiger partial charge in [0.1, 0.15) is 0 Å². The molecule has 0 aliphatic carbocycles. The number of rotatable bonds is 4. The summed E-state index contributed by atoms with van der Waals surface area (Å²) in [4.78, 5) is 0. The van der Waals surface area contributed by atoms with Gasteiger partial charge in [-0.3, -0.25) is 0 Å². The van der Waals surface area contributed by atoms with Gasteiger partial charge in [0.05, 0.1) is 19.3 Å². The van der Waals surface area contributed by atoms with E-state index in [0.29, 0.717) is 6.04 Å². The molecule has 0 amide bonds. The maximum atomic E-state index is 5.68. The molecule has 1 atom stereocenters. The van der Waals surface area contributed by atoms with Crippen LogP contribution in [0, 0.1) is 0 Å². The lowest BCUT2D eigenvalue weighted by Gasteiger charge is -2.18. The molecule has 2 rings (SSSR count). The molecule has 0 saturated carbocycles. The van der Waals surface area contributed by atoms with Gasteiger partial charge in [-0.25, -0.2) is 0 Å². The van der Waals surface area contributed by atoms with Crippen LogP contribution in [-0.2, 0) is 17.6 Å². The summed E-state index contributed by atoms with van der Waals surface area (Å²) in [6.07, 6.45) is 3.43. The maximum absolute atomic E-state index is 5.68. The van der Waals surface area contributed by atoms with E-state index < -0.39 is 0 Å². The Morgan fingerprint density at radius 1 is 1.35 bits per heavy atom. The molecular formula is C15H23NO. The summed E-state index contributed by atoms with van der Waals surface area (Å²) in [5.74, 6) is 0. The van der Waals surface area contributed by atoms with Crippen LogP contribution >= 0.6 is 0 Å². The summed E-state index contributed by atoms with van der Waals surface area (Å²) in [5.41, 5.74) is 4.36. The second-order valence-corrected chi connectivity index (χ2v) is 4.72. The molecule has 1 heterocycles. The quantitative estimate of drug-likeness (QED) is 0.863. The Morgan fingerprint density at radius 2 is 2.24 bits per heavy atom. The first-order chi connectivity index (χ1) is 8.35. The fourth-order valence-corrected chi connectivity index (χ4v) is 2.53. The van der Waals surface area contributed by atoms with Crippen LogP contribution in [0.3, 0.4) is 0 Å². The molecule has 94 valence electrons. The van der Waals surface area contributed by atoms with Gasteiger partial charge in [-0.1, -0.05) is 38.5 Å². The zero-order valence-electron chi connectivity index (χ0n) is 11.0. The Bertz CT molecular complexity index is 362. The molecule has 0 saturated heterocycles. The van der Waals surface area contributed by atoms with Crippen LogP contribution in [0.2, 0.25) is 0 Å². The van der Waals surface area contributed by atoms with E-state index in [-0.39, 0.29) is 0 Å². The summed E-state index contributed by atoms with van der Waals surface area (Å²) in [5, 5.41) is 3.52. The van der Waals surface area contributed by atoms with Gasteiger partial charge in [0.15, 0.2) is 0 Å². The second-order valence-electron chi connectivity index (χ2n) is 4.72. The molecule has 0 bridgehead atoms. The van der Waals surface area contributed by atoms with Crippen molar-refractivity contribution in [1.82, 2.24) is 5.32 Å². The first kappa shape index (κ1) is 12.6. The molecule has 0 spiro atoms. The Labute approximate surface area is 104 Å². The van der Waals surface area contributed by atoms with Crippen LogP contribution in [0.25, 0.3) is 0 Å². The van der Waals surface area contributed by atoms with Crippen molar-refractivity contribution in [2.45, 2.75) is 39.2 Å². The standard InChI is InChI=1S/C15H23NO/c1-3-5-12-6-7-13-8-9-17-11-15(16-4-2)14(13)10-12/h6-7,10,15-16H,3-5,8-9,11H2,1-2H3. The number of hydrogen-bond acceptors (Lipinski definition) is 2. The van der Waals surface area contributed by atoms with Gasteiger partial charge in [0.25, 0.3) is 0 Å². The van der Waals surface area contributed by atoms with Crippen LogP contribution in [0.15, 0.2) is 18.2 Å². The molecule has 0 fully saturated rings. The molecule has 1 aliphatic heterocycles. The minimum atomic E-state index is 0.370. The van der Waals surface area contributed by atoms with Crippen molar-refractivity contribution in [2.24, 2.45) is 0 Å². The van der Waals surface area contributed by atoms with E-state index in [1.807, 2.05) is 0 Å². The van der Waals surface area contributed by atoms with Crippen LogP contribution in [-0.4, -0.2) is 19.8 Å². The Hall–Kier alpha value is -0.860. The maximum Gasteiger partial charge on any atom is 0.0661 e. The molecule has 1 aromatic rings. The average molecular weight is 233 g/mol. The van der Waals surface area contributed by atoms with Crippen molar-refractivity contribution in [2.75, 3.05) is 19.8 Å². The molecule has 1 unspecified atom stereocenters. The first-order valence-corrected chi connectivity index (χ1v) is 6.78. The van der Waals surface area contributed by atoms with Gasteiger partial charge in [0, 0.05) is 0 Å². The van der Waals surface area contributed by atoms with E-state index in [9.17, 15) is 0 Å². The molecular weight excluding hydrogens is 210 g/mol. The monoisotopic (exact) mass is 233 g/mol.